The van der Waals surface area contributed by atoms with Crippen LogP contribution in [0.25, 0.3) is 11.1 Å². The van der Waals surface area contributed by atoms with Gasteiger partial charge < -0.3 is 4.42 Å². The summed E-state index contributed by atoms with van der Waals surface area (Å²) >= 11 is 2.78. The SMILES string of the molecule is CCN(C(C)=O)c1nc(CSc2nc3cc(S(=O)(=O)N(C)C)ccc3o2)cs1. The van der Waals surface area contributed by atoms with Crippen LogP contribution in [0.2, 0.25) is 0 Å². The molecular formula is C17H20N4O4S3. The van der Waals surface area contributed by atoms with Gasteiger partial charge in [0.15, 0.2) is 10.7 Å². The largest absolute Gasteiger partial charge is 0.431 e. The van der Waals surface area contributed by atoms with Crippen molar-refractivity contribution in [1.29, 1.82) is 0 Å². The molecule has 3 aromatic rings. The van der Waals surface area contributed by atoms with Gasteiger partial charge in [-0.05, 0) is 25.1 Å². The lowest BCUT2D eigenvalue weighted by molar-refractivity contribution is -0.116. The molecule has 8 nitrogen and oxygen atoms in total. The molecule has 2 aromatic heterocycles. The van der Waals surface area contributed by atoms with E-state index in [0.29, 0.717) is 33.8 Å². The lowest BCUT2D eigenvalue weighted by atomic mass is 10.3. The highest BCUT2D eigenvalue weighted by Crippen LogP contribution is 2.30. The monoisotopic (exact) mass is 440 g/mol. The zero-order chi connectivity index (χ0) is 20.5. The number of oxazole rings is 1. The first-order valence-electron chi connectivity index (χ1n) is 8.40. The third kappa shape index (κ3) is 4.22. The molecule has 28 heavy (non-hydrogen) atoms. The highest BCUT2D eigenvalue weighted by atomic mass is 32.2. The molecule has 1 amide bonds. The number of aromatic nitrogens is 2. The number of fused-ring (bicyclic) bond motifs is 1. The van der Waals surface area contributed by atoms with E-state index in [4.69, 9.17) is 4.42 Å². The fourth-order valence-corrected chi connectivity index (χ4v) is 5.12. The Balaban J connectivity index is 1.75. The number of benzene rings is 1. The Labute approximate surface area is 171 Å². The van der Waals surface area contributed by atoms with Gasteiger partial charge in [0.1, 0.15) is 5.52 Å². The van der Waals surface area contributed by atoms with E-state index < -0.39 is 10.0 Å². The van der Waals surface area contributed by atoms with E-state index in [9.17, 15) is 13.2 Å². The third-order valence-electron chi connectivity index (χ3n) is 3.93. The highest BCUT2D eigenvalue weighted by molar-refractivity contribution is 7.98. The smallest absolute Gasteiger partial charge is 0.257 e. The number of nitrogens with zero attached hydrogens (tertiary/aromatic N) is 4. The van der Waals surface area contributed by atoms with E-state index in [2.05, 4.69) is 9.97 Å². The Morgan fingerprint density at radius 2 is 2.04 bits per heavy atom. The Kier molecular flexibility index (Phi) is 6.08. The van der Waals surface area contributed by atoms with Crippen LogP contribution in [-0.4, -0.2) is 49.2 Å². The number of thioether (sulfide) groups is 1. The molecule has 3 rings (SSSR count). The molecule has 1 aromatic carbocycles. The molecule has 2 heterocycles. The summed E-state index contributed by atoms with van der Waals surface area (Å²) in [5.41, 5.74) is 1.83. The molecular weight excluding hydrogens is 420 g/mol. The predicted molar refractivity (Wildman–Crippen MR) is 110 cm³/mol. The number of rotatable bonds is 7. The maximum absolute atomic E-state index is 12.3. The van der Waals surface area contributed by atoms with E-state index in [1.807, 2.05) is 12.3 Å². The Hall–Kier alpha value is -1.95. The van der Waals surface area contributed by atoms with Gasteiger partial charge in [-0.15, -0.1) is 11.3 Å². The maximum atomic E-state index is 12.3. The van der Waals surface area contributed by atoms with E-state index in [1.54, 1.807) is 11.0 Å². The zero-order valence-electron chi connectivity index (χ0n) is 15.9. The average molecular weight is 441 g/mol. The van der Waals surface area contributed by atoms with Gasteiger partial charge in [0.2, 0.25) is 15.9 Å². The summed E-state index contributed by atoms with van der Waals surface area (Å²) in [6.45, 7) is 3.99. The number of sulfonamides is 1. The van der Waals surface area contributed by atoms with Crippen LogP contribution in [0, 0.1) is 0 Å². The lowest BCUT2D eigenvalue weighted by Gasteiger charge is -2.14. The number of hydrogen-bond donors (Lipinski definition) is 0. The van der Waals surface area contributed by atoms with Crippen molar-refractivity contribution >= 4 is 55.3 Å². The lowest BCUT2D eigenvalue weighted by Crippen LogP contribution is -2.27. The van der Waals surface area contributed by atoms with E-state index in [1.165, 1.54) is 56.3 Å². The first-order valence-corrected chi connectivity index (χ1v) is 11.7. The van der Waals surface area contributed by atoms with Crippen LogP contribution in [0.15, 0.2) is 38.1 Å². The van der Waals surface area contributed by atoms with Crippen LogP contribution in [0.3, 0.4) is 0 Å². The summed E-state index contributed by atoms with van der Waals surface area (Å²) in [5, 5.41) is 3.00. The normalized spacial score (nSPS) is 12.0. The molecule has 0 aliphatic rings. The van der Waals surface area contributed by atoms with Gasteiger partial charge in [-0.2, -0.15) is 0 Å². The van der Waals surface area contributed by atoms with Crippen LogP contribution in [0.1, 0.15) is 19.5 Å². The molecule has 0 atom stereocenters. The van der Waals surface area contributed by atoms with Crippen molar-refractivity contribution in [3.8, 4) is 0 Å². The summed E-state index contributed by atoms with van der Waals surface area (Å²) in [6, 6.07) is 4.62. The minimum atomic E-state index is -3.53. The zero-order valence-corrected chi connectivity index (χ0v) is 18.3. The van der Waals surface area contributed by atoms with E-state index >= 15 is 0 Å². The van der Waals surface area contributed by atoms with Gasteiger partial charge >= 0.3 is 0 Å². The second-order valence-corrected chi connectivity index (χ2v) is 9.99. The van der Waals surface area contributed by atoms with Gasteiger partial charge in [0, 0.05) is 38.7 Å². The summed E-state index contributed by atoms with van der Waals surface area (Å²) < 4.78 is 31.3. The first kappa shape index (κ1) is 20.8. The molecule has 0 fully saturated rings. The standard InChI is InChI=1S/C17H20N4O4S3/c1-5-21(11(2)22)16-18-12(9-26-16)10-27-17-19-14-8-13(6-7-15(14)25-17)28(23,24)20(3)4/h6-9H,5,10H2,1-4H3. The average Bonchev–Trinajstić information content (AvgIpc) is 3.25. The number of amides is 1. The van der Waals surface area contributed by atoms with Crippen molar-refractivity contribution in [1.82, 2.24) is 14.3 Å². The van der Waals surface area contributed by atoms with Crippen molar-refractivity contribution in [2.45, 2.75) is 29.7 Å². The van der Waals surface area contributed by atoms with Crippen molar-refractivity contribution in [2.75, 3.05) is 25.5 Å². The van der Waals surface area contributed by atoms with Crippen molar-refractivity contribution < 1.29 is 17.6 Å². The molecule has 0 aliphatic carbocycles. The van der Waals surface area contributed by atoms with Gasteiger partial charge in [-0.1, -0.05) is 11.8 Å². The van der Waals surface area contributed by atoms with Crippen LogP contribution >= 0.6 is 23.1 Å². The minimum Gasteiger partial charge on any atom is -0.431 e. The molecule has 0 unspecified atom stereocenters. The number of thiazole rings is 1. The highest BCUT2D eigenvalue weighted by Gasteiger charge is 2.19. The fourth-order valence-electron chi connectivity index (χ4n) is 2.43. The Bertz CT molecular complexity index is 1100. The van der Waals surface area contributed by atoms with Crippen molar-refractivity contribution in [3.05, 3.63) is 29.3 Å². The van der Waals surface area contributed by atoms with Crippen molar-refractivity contribution in [3.63, 3.8) is 0 Å². The maximum Gasteiger partial charge on any atom is 0.257 e. The molecule has 0 spiro atoms. The molecule has 0 bridgehead atoms. The summed E-state index contributed by atoms with van der Waals surface area (Å²) in [6.07, 6.45) is 0. The van der Waals surface area contributed by atoms with Gasteiger partial charge in [0.05, 0.1) is 10.6 Å². The van der Waals surface area contributed by atoms with Crippen LogP contribution in [0.5, 0.6) is 0 Å². The second-order valence-electron chi connectivity index (χ2n) is 6.07. The van der Waals surface area contributed by atoms with E-state index in [0.717, 1.165) is 10.00 Å². The van der Waals surface area contributed by atoms with E-state index in [-0.39, 0.29) is 10.8 Å². The number of carbonyl (C=O) groups excluding carboxylic acids is 1. The summed E-state index contributed by atoms with van der Waals surface area (Å²) in [5.74, 6) is 0.486. The molecule has 150 valence electrons. The molecule has 0 N–H and O–H groups in total. The predicted octanol–water partition coefficient (Wildman–Crippen LogP) is 3.20. The quantitative estimate of drug-likeness (QED) is 0.521. The van der Waals surface area contributed by atoms with Gasteiger partial charge in [-0.25, -0.2) is 22.7 Å². The molecule has 0 radical (unpaired) electrons. The topological polar surface area (TPSA) is 96.6 Å². The van der Waals surface area contributed by atoms with Gasteiger partial charge in [0.25, 0.3) is 5.22 Å². The third-order valence-corrected chi connectivity index (χ3v) is 7.51. The molecule has 0 aliphatic heterocycles. The summed E-state index contributed by atoms with van der Waals surface area (Å²) in [4.78, 5) is 22.3. The van der Waals surface area contributed by atoms with Crippen LogP contribution in [-0.2, 0) is 20.6 Å². The van der Waals surface area contributed by atoms with Crippen LogP contribution < -0.4 is 4.90 Å². The van der Waals surface area contributed by atoms with Gasteiger partial charge in [-0.3, -0.25) is 9.69 Å². The molecule has 11 heteroatoms. The number of anilines is 1. The van der Waals surface area contributed by atoms with Crippen molar-refractivity contribution in [2.24, 2.45) is 0 Å². The number of hydrogen-bond acceptors (Lipinski definition) is 8. The minimum absolute atomic E-state index is 0.0431. The fraction of sp³-hybridized carbons (Fsp3) is 0.353. The van der Waals surface area contributed by atoms with Crippen LogP contribution in [0.4, 0.5) is 5.13 Å². The Morgan fingerprint density at radius 1 is 1.29 bits per heavy atom. The second kappa shape index (κ2) is 8.19. The first-order chi connectivity index (χ1) is 13.2. The molecule has 0 saturated carbocycles. The Morgan fingerprint density at radius 3 is 2.68 bits per heavy atom. The summed E-state index contributed by atoms with van der Waals surface area (Å²) in [7, 11) is -0.558. The number of carbonyl (C=O) groups is 1. The molecule has 0 saturated heterocycles.